The molecule has 1 fully saturated rings. The van der Waals surface area contributed by atoms with Gasteiger partial charge in [0.1, 0.15) is 5.75 Å². The molecule has 0 saturated carbocycles. The molecule has 0 aliphatic carbocycles. The van der Waals surface area contributed by atoms with Crippen LogP contribution in [0.2, 0.25) is 0 Å². The van der Waals surface area contributed by atoms with E-state index in [-0.39, 0.29) is 16.9 Å². The minimum absolute atomic E-state index is 0.0573. The van der Waals surface area contributed by atoms with E-state index in [0.717, 1.165) is 19.4 Å². The third-order valence-electron chi connectivity index (χ3n) is 4.36. The highest BCUT2D eigenvalue weighted by molar-refractivity contribution is 7.92. The summed E-state index contributed by atoms with van der Waals surface area (Å²) in [6, 6.07) is 12.5. The van der Waals surface area contributed by atoms with Crippen LogP contribution in [0.15, 0.2) is 53.4 Å². The van der Waals surface area contributed by atoms with Gasteiger partial charge in [-0.3, -0.25) is 9.52 Å². The van der Waals surface area contributed by atoms with E-state index in [1.165, 1.54) is 24.3 Å². The SMILES string of the molecule is CCOc1ccc(NS(=O)(=O)c2ccc(C(=O)NC[C@H]3CCCO3)cc2)cc1. The number of amides is 1. The molecule has 0 aromatic heterocycles. The van der Waals surface area contributed by atoms with Crippen molar-refractivity contribution in [1.29, 1.82) is 0 Å². The Morgan fingerprint density at radius 3 is 2.46 bits per heavy atom. The average molecular weight is 404 g/mol. The molecule has 1 aliphatic rings. The fraction of sp³-hybridized carbons (Fsp3) is 0.350. The third kappa shape index (κ3) is 5.24. The van der Waals surface area contributed by atoms with Crippen LogP contribution < -0.4 is 14.8 Å². The van der Waals surface area contributed by atoms with Gasteiger partial charge >= 0.3 is 0 Å². The minimum Gasteiger partial charge on any atom is -0.494 e. The maximum Gasteiger partial charge on any atom is 0.261 e. The van der Waals surface area contributed by atoms with Gasteiger partial charge in [0, 0.05) is 24.4 Å². The van der Waals surface area contributed by atoms with Crippen molar-refractivity contribution in [3.05, 3.63) is 54.1 Å². The molecule has 0 unspecified atom stereocenters. The number of benzene rings is 2. The fourth-order valence-electron chi connectivity index (χ4n) is 2.90. The number of carbonyl (C=O) groups is 1. The van der Waals surface area contributed by atoms with Gasteiger partial charge in [-0.05, 0) is 68.3 Å². The van der Waals surface area contributed by atoms with Crippen molar-refractivity contribution in [2.75, 3.05) is 24.5 Å². The summed E-state index contributed by atoms with van der Waals surface area (Å²) in [5.74, 6) is 0.419. The molecule has 2 aromatic carbocycles. The Kier molecular flexibility index (Phi) is 6.53. The summed E-state index contributed by atoms with van der Waals surface area (Å²) < 4.78 is 38.4. The molecule has 1 atom stereocenters. The third-order valence-corrected chi connectivity index (χ3v) is 5.76. The van der Waals surface area contributed by atoms with Crippen LogP contribution in [0, 0.1) is 0 Å². The van der Waals surface area contributed by atoms with Gasteiger partial charge in [0.25, 0.3) is 15.9 Å². The summed E-state index contributed by atoms with van der Waals surface area (Å²) in [5.41, 5.74) is 0.833. The van der Waals surface area contributed by atoms with Crippen molar-refractivity contribution in [2.45, 2.75) is 30.8 Å². The molecular weight excluding hydrogens is 380 g/mol. The first-order valence-electron chi connectivity index (χ1n) is 9.23. The topological polar surface area (TPSA) is 93.7 Å². The van der Waals surface area contributed by atoms with Crippen molar-refractivity contribution in [1.82, 2.24) is 5.32 Å². The van der Waals surface area contributed by atoms with Gasteiger partial charge in [0.05, 0.1) is 17.6 Å². The van der Waals surface area contributed by atoms with Crippen molar-refractivity contribution >= 4 is 21.6 Å². The highest BCUT2D eigenvalue weighted by Crippen LogP contribution is 2.20. The number of ether oxygens (including phenoxy) is 2. The lowest BCUT2D eigenvalue weighted by Gasteiger charge is -2.12. The van der Waals surface area contributed by atoms with Crippen LogP contribution in [0.1, 0.15) is 30.1 Å². The Balaban J connectivity index is 1.61. The van der Waals surface area contributed by atoms with Gasteiger partial charge in [-0.15, -0.1) is 0 Å². The number of hydrogen-bond donors (Lipinski definition) is 2. The second-order valence-electron chi connectivity index (χ2n) is 6.43. The zero-order valence-corrected chi connectivity index (χ0v) is 16.5. The van der Waals surface area contributed by atoms with Crippen LogP contribution in [-0.2, 0) is 14.8 Å². The van der Waals surface area contributed by atoms with Crippen LogP contribution >= 0.6 is 0 Å². The molecular formula is C20H24N2O5S. The summed E-state index contributed by atoms with van der Waals surface area (Å²) in [7, 11) is -3.75. The van der Waals surface area contributed by atoms with E-state index in [1.54, 1.807) is 24.3 Å². The lowest BCUT2D eigenvalue weighted by Crippen LogP contribution is -2.31. The minimum atomic E-state index is -3.75. The number of sulfonamides is 1. The molecule has 3 rings (SSSR count). The first-order valence-corrected chi connectivity index (χ1v) is 10.7. The number of anilines is 1. The standard InChI is InChI=1S/C20H24N2O5S/c1-2-26-17-9-7-16(8-10-17)22-28(24,25)19-11-5-15(6-12-19)20(23)21-14-18-4-3-13-27-18/h5-12,18,22H,2-4,13-14H2,1H3,(H,21,23)/t18-/m1/s1. The molecule has 1 saturated heterocycles. The molecule has 2 aromatic rings. The van der Waals surface area contributed by atoms with Gasteiger partial charge in [-0.25, -0.2) is 8.42 Å². The highest BCUT2D eigenvalue weighted by atomic mass is 32.2. The van der Waals surface area contributed by atoms with Crippen LogP contribution in [-0.4, -0.2) is 40.2 Å². The van der Waals surface area contributed by atoms with Gasteiger partial charge in [0.2, 0.25) is 0 Å². The molecule has 0 bridgehead atoms. The first kappa shape index (κ1) is 20.2. The lowest BCUT2D eigenvalue weighted by molar-refractivity contribution is 0.0857. The Morgan fingerprint density at radius 1 is 1.14 bits per heavy atom. The Morgan fingerprint density at radius 2 is 1.86 bits per heavy atom. The largest absolute Gasteiger partial charge is 0.494 e. The van der Waals surface area contributed by atoms with E-state index >= 15 is 0 Å². The zero-order chi connectivity index (χ0) is 20.0. The van der Waals surface area contributed by atoms with Crippen LogP contribution in [0.25, 0.3) is 0 Å². The fourth-order valence-corrected chi connectivity index (χ4v) is 3.96. The van der Waals surface area contributed by atoms with Gasteiger partial charge in [-0.2, -0.15) is 0 Å². The van der Waals surface area contributed by atoms with Gasteiger partial charge < -0.3 is 14.8 Å². The van der Waals surface area contributed by atoms with Gasteiger partial charge in [0.15, 0.2) is 0 Å². The summed E-state index contributed by atoms with van der Waals surface area (Å²) >= 11 is 0. The molecule has 8 heteroatoms. The molecule has 1 aliphatic heterocycles. The molecule has 1 heterocycles. The van der Waals surface area contributed by atoms with Crippen molar-refractivity contribution in [3.63, 3.8) is 0 Å². The second-order valence-corrected chi connectivity index (χ2v) is 8.11. The van der Waals surface area contributed by atoms with E-state index in [9.17, 15) is 13.2 Å². The normalized spacial score (nSPS) is 16.5. The molecule has 0 radical (unpaired) electrons. The van der Waals surface area contributed by atoms with Crippen molar-refractivity contribution < 1.29 is 22.7 Å². The average Bonchev–Trinajstić information content (AvgIpc) is 3.21. The summed E-state index contributed by atoms with van der Waals surface area (Å²) in [6.07, 6.45) is 2.00. The number of nitrogens with one attached hydrogen (secondary N) is 2. The summed E-state index contributed by atoms with van der Waals surface area (Å²) in [6.45, 7) is 3.61. The highest BCUT2D eigenvalue weighted by Gasteiger charge is 2.18. The predicted molar refractivity (Wildman–Crippen MR) is 106 cm³/mol. The maximum atomic E-state index is 12.5. The summed E-state index contributed by atoms with van der Waals surface area (Å²) in [5, 5.41) is 2.81. The monoisotopic (exact) mass is 404 g/mol. The molecule has 1 amide bonds. The first-order chi connectivity index (χ1) is 13.5. The van der Waals surface area contributed by atoms with E-state index in [4.69, 9.17) is 9.47 Å². The lowest BCUT2D eigenvalue weighted by atomic mass is 10.2. The Hall–Kier alpha value is -2.58. The van der Waals surface area contributed by atoms with Crippen molar-refractivity contribution in [2.24, 2.45) is 0 Å². The van der Waals surface area contributed by atoms with E-state index in [2.05, 4.69) is 10.0 Å². The quantitative estimate of drug-likeness (QED) is 0.706. The van der Waals surface area contributed by atoms with E-state index in [1.807, 2.05) is 6.92 Å². The Bertz CT molecular complexity index is 889. The van der Waals surface area contributed by atoms with Crippen LogP contribution in [0.3, 0.4) is 0 Å². The molecule has 2 N–H and O–H groups in total. The van der Waals surface area contributed by atoms with E-state index in [0.29, 0.717) is 30.2 Å². The van der Waals surface area contributed by atoms with Crippen LogP contribution in [0.5, 0.6) is 5.75 Å². The maximum absolute atomic E-state index is 12.5. The summed E-state index contributed by atoms with van der Waals surface area (Å²) in [4.78, 5) is 12.3. The number of rotatable bonds is 8. The zero-order valence-electron chi connectivity index (χ0n) is 15.7. The van der Waals surface area contributed by atoms with Crippen LogP contribution in [0.4, 0.5) is 5.69 Å². The van der Waals surface area contributed by atoms with E-state index < -0.39 is 10.0 Å². The molecule has 0 spiro atoms. The van der Waals surface area contributed by atoms with Crippen molar-refractivity contribution in [3.8, 4) is 5.75 Å². The Labute approximate surface area is 165 Å². The predicted octanol–water partition coefficient (Wildman–Crippen LogP) is 2.79. The molecule has 150 valence electrons. The number of hydrogen-bond acceptors (Lipinski definition) is 5. The smallest absolute Gasteiger partial charge is 0.261 e. The molecule has 28 heavy (non-hydrogen) atoms. The molecule has 7 nitrogen and oxygen atoms in total. The second kappa shape index (κ2) is 9.07. The van der Waals surface area contributed by atoms with Gasteiger partial charge in [-0.1, -0.05) is 0 Å². The number of carbonyl (C=O) groups excluding carboxylic acids is 1.